The van der Waals surface area contributed by atoms with Gasteiger partial charge in [0.15, 0.2) is 23.3 Å². The standard InChI is InChI=1S/C7HF5O2.C6H11.Co.2H2N/c8-2-1(7(13)14)3(9)5(11)6(12)4(2)10;1-2-4-6-5-3-1;;;/h(H,13,14);1H,2-6H2;;2*1H2/q;;+2;2*-1. The molecule has 1 aromatic rings. The molecule has 0 unspecified atom stereocenters. The normalized spacial score (nSPS) is 15.7. The van der Waals surface area contributed by atoms with Gasteiger partial charge in [-0.15, -0.1) is 0 Å². The van der Waals surface area contributed by atoms with Gasteiger partial charge in [-0.05, 0) is 0 Å². The van der Waals surface area contributed by atoms with E-state index >= 15 is 0 Å². The van der Waals surface area contributed by atoms with Crippen LogP contribution in [0, 0.1) is 29.1 Å². The number of rotatable bonds is 2. The molecule has 0 radical (unpaired) electrons. The maximum atomic E-state index is 12.6. The summed E-state index contributed by atoms with van der Waals surface area (Å²) in [7, 11) is 0. The second-order valence-corrected chi connectivity index (χ2v) is 6.67. The molecular weight excluding hydrogens is 370 g/mol. The minimum atomic E-state index is -2.38. The van der Waals surface area contributed by atoms with Crippen LogP contribution in [0.3, 0.4) is 0 Å². The average molecular weight is 386 g/mol. The zero-order valence-electron chi connectivity index (χ0n) is 11.8. The molecule has 0 atom stereocenters. The molecule has 0 aliphatic heterocycles. The third-order valence-corrected chi connectivity index (χ3v) is 4.83. The number of halogens is 5. The quantitative estimate of drug-likeness (QED) is 0.414. The van der Waals surface area contributed by atoms with Gasteiger partial charge >= 0.3 is 66.6 Å². The number of benzene rings is 1. The summed E-state index contributed by atoms with van der Waals surface area (Å²) < 4.78 is 62.1. The molecule has 1 aromatic carbocycles. The van der Waals surface area contributed by atoms with Crippen molar-refractivity contribution in [1.29, 1.82) is 0 Å². The van der Waals surface area contributed by atoms with E-state index in [0.717, 1.165) is 0 Å². The van der Waals surface area contributed by atoms with E-state index < -0.39 is 54.7 Å². The fourth-order valence-electron chi connectivity index (χ4n) is 2.05. The minimum absolute atomic E-state index is 0.599. The molecule has 23 heavy (non-hydrogen) atoms. The molecule has 0 bridgehead atoms. The van der Waals surface area contributed by atoms with E-state index in [1.54, 1.807) is 0 Å². The number of hydrogen-bond donors (Lipinski definition) is 3. The van der Waals surface area contributed by atoms with Crippen LogP contribution in [0.5, 0.6) is 0 Å². The molecule has 0 aromatic heterocycles. The van der Waals surface area contributed by atoms with Gasteiger partial charge in [-0.3, -0.25) is 0 Å². The third-order valence-electron chi connectivity index (χ3n) is 3.25. The molecule has 0 heterocycles. The van der Waals surface area contributed by atoms with E-state index in [2.05, 4.69) is 0 Å². The second-order valence-electron chi connectivity index (χ2n) is 4.78. The summed E-state index contributed by atoms with van der Waals surface area (Å²) in [5.74, 6) is -13.9. The molecule has 1 aliphatic rings. The van der Waals surface area contributed by atoms with Gasteiger partial charge in [0.2, 0.25) is 5.82 Å². The Morgan fingerprint density at radius 1 is 0.870 bits per heavy atom. The second kappa shape index (κ2) is 8.57. The molecule has 1 aliphatic carbocycles. The van der Waals surface area contributed by atoms with Crippen molar-refractivity contribution >= 4 is 5.97 Å². The Bertz CT molecular complexity index is 551. The number of carboxylic acid groups (broad SMARTS) is 1. The van der Waals surface area contributed by atoms with E-state index in [1.807, 2.05) is 0 Å². The first kappa shape index (κ1) is 19.8. The summed E-state index contributed by atoms with van der Waals surface area (Å²) in [6, 6.07) is 0. The fraction of sp³-hybridized carbons (Fsp3) is 0.462. The van der Waals surface area contributed by atoms with Crippen LogP contribution in [-0.4, -0.2) is 11.1 Å². The first-order chi connectivity index (χ1) is 10.7. The van der Waals surface area contributed by atoms with Crippen LogP contribution < -0.4 is 9.56 Å². The topological polar surface area (TPSA) is 89.3 Å². The summed E-state index contributed by atoms with van der Waals surface area (Å²) >= 11 is -0.599. The van der Waals surface area contributed by atoms with Crippen molar-refractivity contribution in [2.24, 2.45) is 9.56 Å². The molecule has 0 saturated heterocycles. The molecular formula is C13H16CoF5N2O2. The first-order valence-electron chi connectivity index (χ1n) is 6.52. The molecule has 134 valence electrons. The molecule has 4 nitrogen and oxygen atoms in total. The van der Waals surface area contributed by atoms with E-state index in [4.69, 9.17) is 14.7 Å². The van der Waals surface area contributed by atoms with Gasteiger partial charge in [-0.1, -0.05) is 0 Å². The summed E-state index contributed by atoms with van der Waals surface area (Å²) in [5, 5.41) is 8.15. The van der Waals surface area contributed by atoms with Crippen LogP contribution >= 0.6 is 0 Å². The Labute approximate surface area is 133 Å². The predicted octanol–water partition coefficient (Wildman–Crippen LogP) is 3.18. The Balaban J connectivity index is 0.000000253. The number of hydrogen-bond acceptors (Lipinski definition) is 3. The van der Waals surface area contributed by atoms with Crippen LogP contribution in [-0.2, 0) is 14.1 Å². The van der Waals surface area contributed by atoms with Gasteiger partial charge < -0.3 is 5.11 Å². The number of nitrogens with two attached hydrogens (primary N) is 2. The van der Waals surface area contributed by atoms with E-state index in [0.29, 0.717) is 4.85 Å². The van der Waals surface area contributed by atoms with Crippen molar-refractivity contribution in [2.75, 3.05) is 0 Å². The molecule has 1 fully saturated rings. The van der Waals surface area contributed by atoms with Crippen molar-refractivity contribution in [3.05, 3.63) is 34.6 Å². The van der Waals surface area contributed by atoms with Crippen LogP contribution in [0.2, 0.25) is 4.85 Å². The van der Waals surface area contributed by atoms with Gasteiger partial charge in [0.25, 0.3) is 0 Å². The van der Waals surface area contributed by atoms with Gasteiger partial charge in [-0.25, -0.2) is 26.7 Å². The number of carbonyl (C=O) groups is 1. The zero-order chi connectivity index (χ0) is 17.7. The van der Waals surface area contributed by atoms with Crippen molar-refractivity contribution < 1.29 is 45.9 Å². The molecule has 10 heteroatoms. The summed E-state index contributed by atoms with van der Waals surface area (Å²) in [5.41, 5.74) is -1.86. The Hall–Kier alpha value is -1.23. The summed E-state index contributed by atoms with van der Waals surface area (Å²) in [6.07, 6.45) is 6.63. The molecule has 0 amide bonds. The average Bonchev–Trinajstić information content (AvgIpc) is 2.52. The number of aromatic carboxylic acids is 1. The van der Waals surface area contributed by atoms with Crippen molar-refractivity contribution in [2.45, 2.75) is 37.0 Å². The first-order valence-corrected chi connectivity index (χ1v) is 8.32. The van der Waals surface area contributed by atoms with Crippen molar-refractivity contribution in [3.8, 4) is 0 Å². The zero-order valence-corrected chi connectivity index (χ0v) is 12.9. The summed E-state index contributed by atoms with van der Waals surface area (Å²) in [4.78, 5) is 22.0. The van der Waals surface area contributed by atoms with E-state index in [1.165, 1.54) is 32.1 Å². The predicted molar refractivity (Wildman–Crippen MR) is 68.4 cm³/mol. The van der Waals surface area contributed by atoms with Crippen molar-refractivity contribution in [3.63, 3.8) is 0 Å². The maximum absolute atomic E-state index is 12.6. The summed E-state index contributed by atoms with van der Waals surface area (Å²) in [6.45, 7) is 0. The molecule has 0 spiro atoms. The van der Waals surface area contributed by atoms with E-state index in [9.17, 15) is 26.7 Å². The monoisotopic (exact) mass is 386 g/mol. The van der Waals surface area contributed by atoms with Gasteiger partial charge in [0.05, 0.1) is 0 Å². The number of carboxylic acids is 1. The Morgan fingerprint density at radius 2 is 1.26 bits per heavy atom. The van der Waals surface area contributed by atoms with Crippen LogP contribution in [0.4, 0.5) is 22.0 Å². The third kappa shape index (κ3) is 4.87. The van der Waals surface area contributed by atoms with Crippen LogP contribution in [0.25, 0.3) is 0 Å². The van der Waals surface area contributed by atoms with Gasteiger partial charge in [-0.2, -0.15) is 0 Å². The Morgan fingerprint density at radius 3 is 1.57 bits per heavy atom. The fourth-order valence-corrected chi connectivity index (χ4v) is 3.17. The van der Waals surface area contributed by atoms with Gasteiger partial charge in [0.1, 0.15) is 5.56 Å². The molecule has 5 N–H and O–H groups in total. The van der Waals surface area contributed by atoms with Gasteiger partial charge in [0, 0.05) is 0 Å². The van der Waals surface area contributed by atoms with Crippen molar-refractivity contribution in [1.82, 2.24) is 0 Å². The molecule has 1 saturated carbocycles. The van der Waals surface area contributed by atoms with E-state index in [-0.39, 0.29) is 0 Å². The van der Waals surface area contributed by atoms with Crippen LogP contribution in [0.15, 0.2) is 0 Å². The Kier molecular flexibility index (Phi) is 7.38. The van der Waals surface area contributed by atoms with Crippen LogP contribution in [0.1, 0.15) is 42.5 Å². The SMILES string of the molecule is O=C(O)c1c(F)c(F)c(F)c(F)c1F.[NH2][Co]([NH2])[CH]1CCCCC1. The molecule has 2 rings (SSSR count).